The first-order valence-corrected chi connectivity index (χ1v) is 6.72. The lowest BCUT2D eigenvalue weighted by atomic mass is 9.96. The van der Waals surface area contributed by atoms with Crippen molar-refractivity contribution in [2.45, 2.75) is 32.2 Å². The number of fused-ring (bicyclic) bond motifs is 1. The van der Waals surface area contributed by atoms with Gasteiger partial charge in [0.15, 0.2) is 0 Å². The molecule has 0 spiro atoms. The Morgan fingerprint density at radius 1 is 1.39 bits per heavy atom. The highest BCUT2D eigenvalue weighted by Gasteiger charge is 2.44. The molecule has 18 heavy (non-hydrogen) atoms. The first kappa shape index (κ1) is 11.7. The van der Waals surface area contributed by atoms with Gasteiger partial charge in [-0.3, -0.25) is 0 Å². The molecule has 0 radical (unpaired) electrons. The van der Waals surface area contributed by atoms with Crippen molar-refractivity contribution in [3.8, 4) is 0 Å². The van der Waals surface area contributed by atoms with Crippen LogP contribution in [0.5, 0.6) is 0 Å². The van der Waals surface area contributed by atoms with Gasteiger partial charge in [0.05, 0.1) is 11.0 Å². The number of benzene rings is 1. The molecule has 1 saturated carbocycles. The van der Waals surface area contributed by atoms with Gasteiger partial charge in [0.1, 0.15) is 5.82 Å². The van der Waals surface area contributed by atoms with E-state index >= 15 is 0 Å². The van der Waals surface area contributed by atoms with E-state index in [1.165, 1.54) is 24.2 Å². The van der Waals surface area contributed by atoms with Gasteiger partial charge in [-0.2, -0.15) is 0 Å². The summed E-state index contributed by atoms with van der Waals surface area (Å²) in [5.41, 5.74) is 2.81. The number of likely N-dealkylation sites (N-methyl/N-ethyl adjacent to an activating group) is 1. The van der Waals surface area contributed by atoms with Gasteiger partial charge in [0.2, 0.25) is 0 Å². The minimum absolute atomic E-state index is 0.479. The lowest BCUT2D eigenvalue weighted by Gasteiger charge is -2.22. The second-order valence-electron chi connectivity index (χ2n) is 5.78. The second-order valence-corrected chi connectivity index (χ2v) is 5.78. The highest BCUT2D eigenvalue weighted by Crippen LogP contribution is 2.48. The summed E-state index contributed by atoms with van der Waals surface area (Å²) < 4.78 is 2.23. The summed E-state index contributed by atoms with van der Waals surface area (Å²) >= 11 is 0. The Bertz CT molecular complexity index is 566. The Morgan fingerprint density at radius 2 is 2.11 bits per heavy atom. The predicted octanol–water partition coefficient (Wildman–Crippen LogP) is 2.50. The average molecular weight is 243 g/mol. The molecular formula is C15H21N3. The van der Waals surface area contributed by atoms with Gasteiger partial charge < -0.3 is 9.88 Å². The van der Waals surface area contributed by atoms with E-state index in [1.807, 2.05) is 0 Å². The van der Waals surface area contributed by atoms with E-state index in [4.69, 9.17) is 4.98 Å². The van der Waals surface area contributed by atoms with E-state index in [0.717, 1.165) is 11.9 Å². The van der Waals surface area contributed by atoms with E-state index in [2.05, 4.69) is 55.2 Å². The molecule has 1 fully saturated rings. The van der Waals surface area contributed by atoms with Crippen molar-refractivity contribution >= 4 is 11.0 Å². The van der Waals surface area contributed by atoms with Crippen LogP contribution < -0.4 is 5.32 Å². The molecule has 1 N–H and O–H groups in total. The van der Waals surface area contributed by atoms with E-state index in [1.54, 1.807) is 0 Å². The maximum Gasteiger partial charge on any atom is 0.111 e. The van der Waals surface area contributed by atoms with Gasteiger partial charge >= 0.3 is 0 Å². The molecule has 3 heteroatoms. The fourth-order valence-corrected chi connectivity index (χ4v) is 2.80. The van der Waals surface area contributed by atoms with Crippen molar-refractivity contribution in [3.63, 3.8) is 0 Å². The van der Waals surface area contributed by atoms with Gasteiger partial charge in [-0.1, -0.05) is 19.1 Å². The molecule has 1 unspecified atom stereocenters. The Hall–Kier alpha value is -1.35. The summed E-state index contributed by atoms with van der Waals surface area (Å²) in [4.78, 5) is 4.76. The average Bonchev–Trinajstić information content (AvgIpc) is 3.05. The monoisotopic (exact) mass is 243 g/mol. The molecule has 1 heterocycles. The molecule has 0 aliphatic heterocycles. The number of para-hydroxylation sites is 2. The zero-order valence-corrected chi connectivity index (χ0v) is 11.4. The number of nitrogens with one attached hydrogen (secondary N) is 1. The molecule has 0 amide bonds. The summed E-state index contributed by atoms with van der Waals surface area (Å²) in [5, 5.41) is 3.47. The number of hydrogen-bond acceptors (Lipinski definition) is 2. The molecule has 1 aromatic carbocycles. The Kier molecular flexibility index (Phi) is 2.67. The summed E-state index contributed by atoms with van der Waals surface area (Å²) in [5.74, 6) is 1.18. The van der Waals surface area contributed by atoms with Crippen LogP contribution in [0.25, 0.3) is 11.0 Å². The van der Waals surface area contributed by atoms with Crippen LogP contribution in [0, 0.1) is 5.41 Å². The van der Waals surface area contributed by atoms with Crippen LogP contribution in [-0.4, -0.2) is 22.6 Å². The number of hydrogen-bond donors (Lipinski definition) is 1. The molecule has 1 aromatic heterocycles. The highest BCUT2D eigenvalue weighted by molar-refractivity contribution is 5.75. The largest absolute Gasteiger partial charge is 0.331 e. The van der Waals surface area contributed by atoms with Crippen molar-refractivity contribution in [1.82, 2.24) is 14.9 Å². The molecule has 1 aliphatic carbocycles. The SMILES string of the molecule is CNC(Cc1nc2ccccc2n1C)C1(C)CC1. The van der Waals surface area contributed by atoms with Gasteiger partial charge in [-0.25, -0.2) is 4.98 Å². The van der Waals surface area contributed by atoms with Crippen LogP contribution in [0.3, 0.4) is 0 Å². The third-order valence-electron chi connectivity index (χ3n) is 4.49. The third-order valence-corrected chi connectivity index (χ3v) is 4.49. The Balaban J connectivity index is 1.92. The van der Waals surface area contributed by atoms with Crippen molar-refractivity contribution in [1.29, 1.82) is 0 Å². The zero-order chi connectivity index (χ0) is 12.8. The summed E-state index contributed by atoms with van der Waals surface area (Å²) in [6, 6.07) is 8.89. The van der Waals surface area contributed by atoms with Gasteiger partial charge in [-0.15, -0.1) is 0 Å². The van der Waals surface area contributed by atoms with Crippen LogP contribution in [0.15, 0.2) is 24.3 Å². The van der Waals surface area contributed by atoms with Crippen LogP contribution in [0.4, 0.5) is 0 Å². The second kappa shape index (κ2) is 4.09. The Morgan fingerprint density at radius 3 is 2.72 bits per heavy atom. The fourth-order valence-electron chi connectivity index (χ4n) is 2.80. The lowest BCUT2D eigenvalue weighted by Crippen LogP contribution is -2.36. The lowest BCUT2D eigenvalue weighted by molar-refractivity contribution is 0.368. The topological polar surface area (TPSA) is 29.9 Å². The first-order chi connectivity index (χ1) is 8.64. The third kappa shape index (κ3) is 1.83. The quantitative estimate of drug-likeness (QED) is 0.894. The molecule has 1 atom stereocenters. The molecular weight excluding hydrogens is 222 g/mol. The summed E-state index contributed by atoms with van der Waals surface area (Å²) in [6.07, 6.45) is 3.68. The smallest absolute Gasteiger partial charge is 0.111 e. The van der Waals surface area contributed by atoms with Crippen molar-refractivity contribution in [2.75, 3.05) is 7.05 Å². The fraction of sp³-hybridized carbons (Fsp3) is 0.533. The maximum atomic E-state index is 4.76. The Labute approximate surface area is 108 Å². The van der Waals surface area contributed by atoms with Crippen LogP contribution in [0.2, 0.25) is 0 Å². The number of aryl methyl sites for hydroxylation is 1. The number of aromatic nitrogens is 2. The molecule has 0 bridgehead atoms. The van der Waals surface area contributed by atoms with E-state index < -0.39 is 0 Å². The van der Waals surface area contributed by atoms with Gasteiger partial charge in [0.25, 0.3) is 0 Å². The number of nitrogens with zero attached hydrogens (tertiary/aromatic N) is 2. The summed E-state index contributed by atoms with van der Waals surface area (Å²) in [6.45, 7) is 2.37. The van der Waals surface area contributed by atoms with Crippen LogP contribution >= 0.6 is 0 Å². The van der Waals surface area contributed by atoms with E-state index in [0.29, 0.717) is 11.5 Å². The number of imidazole rings is 1. The molecule has 3 rings (SSSR count). The van der Waals surface area contributed by atoms with Crippen LogP contribution in [0.1, 0.15) is 25.6 Å². The molecule has 96 valence electrons. The molecule has 3 nitrogen and oxygen atoms in total. The minimum Gasteiger partial charge on any atom is -0.331 e. The van der Waals surface area contributed by atoms with Crippen molar-refractivity contribution in [3.05, 3.63) is 30.1 Å². The van der Waals surface area contributed by atoms with E-state index in [-0.39, 0.29) is 0 Å². The highest BCUT2D eigenvalue weighted by atomic mass is 15.1. The minimum atomic E-state index is 0.479. The molecule has 2 aromatic rings. The molecule has 1 aliphatic rings. The first-order valence-electron chi connectivity index (χ1n) is 6.72. The van der Waals surface area contributed by atoms with Gasteiger partial charge in [0, 0.05) is 19.5 Å². The predicted molar refractivity (Wildman–Crippen MR) is 74.6 cm³/mol. The van der Waals surface area contributed by atoms with E-state index in [9.17, 15) is 0 Å². The van der Waals surface area contributed by atoms with Gasteiger partial charge in [-0.05, 0) is 37.4 Å². The molecule has 0 saturated heterocycles. The van der Waals surface area contributed by atoms with Crippen molar-refractivity contribution in [2.24, 2.45) is 12.5 Å². The van der Waals surface area contributed by atoms with Crippen LogP contribution in [-0.2, 0) is 13.5 Å². The summed E-state index contributed by atoms with van der Waals surface area (Å²) in [7, 11) is 4.18. The normalized spacial score (nSPS) is 19.1. The van der Waals surface area contributed by atoms with Crippen molar-refractivity contribution < 1.29 is 0 Å². The standard InChI is InChI=1S/C15H21N3/c1-15(8-9-15)13(16-2)10-14-17-11-6-4-5-7-12(11)18(14)3/h4-7,13,16H,8-10H2,1-3H3. The maximum absolute atomic E-state index is 4.76. The number of rotatable bonds is 4. The zero-order valence-electron chi connectivity index (χ0n) is 11.4.